The van der Waals surface area contributed by atoms with Crippen LogP contribution in [0.2, 0.25) is 5.02 Å². The van der Waals surface area contributed by atoms with E-state index in [2.05, 4.69) is 24.4 Å². The minimum Gasteiger partial charge on any atom is -0.493 e. The van der Waals surface area contributed by atoms with Gasteiger partial charge in [0.25, 0.3) is 5.91 Å². The van der Waals surface area contributed by atoms with E-state index in [1.165, 1.54) is 11.8 Å². The second-order valence-electron chi connectivity index (χ2n) is 8.08. The summed E-state index contributed by atoms with van der Waals surface area (Å²) in [6.45, 7) is 6.59. The number of hydrogen-bond acceptors (Lipinski definition) is 5. The number of benzene rings is 3. The Morgan fingerprint density at radius 3 is 2.47 bits per heavy atom. The van der Waals surface area contributed by atoms with Crippen molar-refractivity contribution in [2.45, 2.75) is 33.3 Å². The molecule has 0 radical (unpaired) electrons. The summed E-state index contributed by atoms with van der Waals surface area (Å²) in [6.07, 6.45) is 1.53. The Labute approximate surface area is 205 Å². The number of aryl methyl sites for hydroxylation is 1. The molecule has 34 heavy (non-hydrogen) atoms. The second kappa shape index (κ2) is 12.1. The quantitative estimate of drug-likeness (QED) is 0.290. The van der Waals surface area contributed by atoms with Crippen LogP contribution in [0.3, 0.4) is 0 Å². The van der Waals surface area contributed by atoms with Crippen molar-refractivity contribution in [3.63, 3.8) is 0 Å². The lowest BCUT2D eigenvalue weighted by Crippen LogP contribution is -2.24. The molecule has 178 valence electrons. The van der Waals surface area contributed by atoms with Crippen LogP contribution >= 0.6 is 11.6 Å². The van der Waals surface area contributed by atoms with E-state index in [0.29, 0.717) is 34.8 Å². The smallest absolute Gasteiger partial charge is 0.277 e. The molecule has 0 heterocycles. The van der Waals surface area contributed by atoms with Crippen molar-refractivity contribution < 1.29 is 19.0 Å². The maximum Gasteiger partial charge on any atom is 0.277 e. The Bertz CT molecular complexity index is 1140. The first-order valence-corrected chi connectivity index (χ1v) is 11.3. The maximum absolute atomic E-state index is 12.1. The van der Waals surface area contributed by atoms with Crippen LogP contribution in [0.1, 0.15) is 42.0 Å². The SMILES string of the molecule is COc1cc(/C=N/NC(=O)COc2ccc(C(C)C)c(C)c2)ccc1OCc1ccc(Cl)cc1. The number of hydrogen-bond donors (Lipinski definition) is 1. The molecule has 0 aromatic heterocycles. The van der Waals surface area contributed by atoms with E-state index >= 15 is 0 Å². The minimum atomic E-state index is -0.350. The summed E-state index contributed by atoms with van der Waals surface area (Å²) in [7, 11) is 1.57. The average molecular weight is 481 g/mol. The molecule has 3 aromatic carbocycles. The van der Waals surface area contributed by atoms with E-state index in [1.807, 2.05) is 55.5 Å². The number of carbonyl (C=O) groups excluding carboxylic acids is 1. The van der Waals surface area contributed by atoms with Crippen LogP contribution in [0.4, 0.5) is 0 Å². The van der Waals surface area contributed by atoms with Crippen LogP contribution in [0.5, 0.6) is 17.2 Å². The van der Waals surface area contributed by atoms with Gasteiger partial charge in [-0.25, -0.2) is 5.43 Å². The first-order chi connectivity index (χ1) is 16.4. The molecule has 3 rings (SSSR count). The molecule has 0 bridgehead atoms. The zero-order valence-electron chi connectivity index (χ0n) is 19.8. The van der Waals surface area contributed by atoms with Gasteiger partial charge < -0.3 is 14.2 Å². The van der Waals surface area contributed by atoms with Gasteiger partial charge in [0.15, 0.2) is 18.1 Å². The van der Waals surface area contributed by atoms with Gasteiger partial charge in [0.05, 0.1) is 13.3 Å². The van der Waals surface area contributed by atoms with E-state index in [4.69, 9.17) is 25.8 Å². The van der Waals surface area contributed by atoms with E-state index in [9.17, 15) is 4.79 Å². The van der Waals surface area contributed by atoms with Crippen LogP contribution in [0.15, 0.2) is 65.8 Å². The number of nitrogens with zero attached hydrogens (tertiary/aromatic N) is 1. The Morgan fingerprint density at radius 1 is 1.03 bits per heavy atom. The van der Waals surface area contributed by atoms with Gasteiger partial charge in [-0.2, -0.15) is 5.10 Å². The first-order valence-electron chi connectivity index (χ1n) is 11.0. The third kappa shape index (κ3) is 7.25. The molecule has 0 fully saturated rings. The van der Waals surface area contributed by atoms with Gasteiger partial charge in [-0.1, -0.05) is 43.6 Å². The molecule has 0 aliphatic heterocycles. The van der Waals surface area contributed by atoms with Crippen LogP contribution in [0.25, 0.3) is 0 Å². The highest BCUT2D eigenvalue weighted by atomic mass is 35.5. The molecule has 3 aromatic rings. The summed E-state index contributed by atoms with van der Waals surface area (Å²) in [5.41, 5.74) is 6.61. The standard InChI is InChI=1S/C27H29ClN2O4/c1-18(2)24-11-10-23(13-19(24)3)33-17-27(31)30-29-15-21-7-12-25(26(14-21)32-4)34-16-20-5-8-22(28)9-6-20/h5-15,18H,16-17H2,1-4H3,(H,30,31)/b29-15+. The number of carbonyl (C=O) groups is 1. The zero-order valence-corrected chi connectivity index (χ0v) is 20.6. The Morgan fingerprint density at radius 2 is 1.79 bits per heavy atom. The lowest BCUT2D eigenvalue weighted by atomic mass is 9.98. The molecule has 0 unspecified atom stereocenters. The van der Waals surface area contributed by atoms with Crippen molar-refractivity contribution >= 4 is 23.7 Å². The molecule has 0 atom stereocenters. The van der Waals surface area contributed by atoms with Crippen LogP contribution in [0, 0.1) is 6.92 Å². The van der Waals surface area contributed by atoms with Crippen LogP contribution in [-0.4, -0.2) is 25.8 Å². The van der Waals surface area contributed by atoms with Gasteiger partial charge in [0.2, 0.25) is 0 Å². The molecule has 1 amide bonds. The molecule has 1 N–H and O–H groups in total. The molecular formula is C27H29ClN2O4. The van der Waals surface area contributed by atoms with Crippen molar-refractivity contribution in [2.24, 2.45) is 5.10 Å². The highest BCUT2D eigenvalue weighted by molar-refractivity contribution is 6.30. The first kappa shape index (κ1) is 25.1. The fourth-order valence-corrected chi connectivity index (χ4v) is 3.50. The molecule has 0 saturated carbocycles. The summed E-state index contributed by atoms with van der Waals surface area (Å²) in [5, 5.41) is 4.68. The largest absolute Gasteiger partial charge is 0.493 e. The zero-order chi connectivity index (χ0) is 24.5. The highest BCUT2D eigenvalue weighted by Crippen LogP contribution is 2.28. The third-order valence-corrected chi connectivity index (χ3v) is 5.38. The van der Waals surface area contributed by atoms with Crippen LogP contribution < -0.4 is 19.6 Å². The lowest BCUT2D eigenvalue weighted by molar-refractivity contribution is -0.123. The molecule has 0 spiro atoms. The van der Waals surface area contributed by atoms with Gasteiger partial charge in [-0.05, 0) is 77.6 Å². The summed E-state index contributed by atoms with van der Waals surface area (Å²) < 4.78 is 16.9. The fraction of sp³-hybridized carbons (Fsp3) is 0.259. The number of halogens is 1. The maximum atomic E-state index is 12.1. The van der Waals surface area contributed by atoms with Gasteiger partial charge in [-0.3, -0.25) is 4.79 Å². The molecule has 6 nitrogen and oxygen atoms in total. The topological polar surface area (TPSA) is 69.2 Å². The Kier molecular flexibility index (Phi) is 8.93. The number of amides is 1. The molecule has 0 aliphatic rings. The Balaban J connectivity index is 1.51. The van der Waals surface area contributed by atoms with Crippen molar-refractivity contribution in [3.05, 3.63) is 87.9 Å². The fourth-order valence-electron chi connectivity index (χ4n) is 3.37. The molecule has 7 heteroatoms. The number of nitrogens with one attached hydrogen (secondary N) is 1. The van der Waals surface area contributed by atoms with Crippen LogP contribution in [-0.2, 0) is 11.4 Å². The van der Waals surface area contributed by atoms with E-state index < -0.39 is 0 Å². The van der Waals surface area contributed by atoms with E-state index in [0.717, 1.165) is 16.7 Å². The predicted molar refractivity (Wildman–Crippen MR) is 135 cm³/mol. The van der Waals surface area contributed by atoms with Crippen molar-refractivity contribution in [3.8, 4) is 17.2 Å². The van der Waals surface area contributed by atoms with E-state index in [1.54, 1.807) is 19.2 Å². The van der Waals surface area contributed by atoms with Crippen molar-refractivity contribution in [2.75, 3.05) is 13.7 Å². The predicted octanol–water partition coefficient (Wildman–Crippen LogP) is 5.89. The number of rotatable bonds is 10. The number of methoxy groups -OCH3 is 1. The summed E-state index contributed by atoms with van der Waals surface area (Å²) in [4.78, 5) is 12.1. The molecular weight excluding hydrogens is 452 g/mol. The second-order valence-corrected chi connectivity index (χ2v) is 8.52. The molecule has 0 saturated heterocycles. The lowest BCUT2D eigenvalue weighted by Gasteiger charge is -2.12. The van der Waals surface area contributed by atoms with Crippen molar-refractivity contribution in [1.29, 1.82) is 0 Å². The Hall–Kier alpha value is -3.51. The van der Waals surface area contributed by atoms with Gasteiger partial charge >= 0.3 is 0 Å². The summed E-state index contributed by atoms with van der Waals surface area (Å²) >= 11 is 5.91. The third-order valence-electron chi connectivity index (χ3n) is 5.13. The van der Waals surface area contributed by atoms with Crippen molar-refractivity contribution in [1.82, 2.24) is 5.43 Å². The monoisotopic (exact) mass is 480 g/mol. The van der Waals surface area contributed by atoms with Gasteiger partial charge in [0.1, 0.15) is 12.4 Å². The highest BCUT2D eigenvalue weighted by Gasteiger charge is 2.08. The molecule has 0 aliphatic carbocycles. The van der Waals surface area contributed by atoms with E-state index in [-0.39, 0.29) is 12.5 Å². The summed E-state index contributed by atoms with van der Waals surface area (Å²) in [5.74, 6) is 1.91. The average Bonchev–Trinajstić information content (AvgIpc) is 2.82. The number of ether oxygens (including phenoxy) is 3. The number of hydrazone groups is 1. The van der Waals surface area contributed by atoms with Gasteiger partial charge in [0, 0.05) is 5.02 Å². The normalized spacial score (nSPS) is 11.0. The summed E-state index contributed by atoms with van der Waals surface area (Å²) in [6, 6.07) is 18.7. The van der Waals surface area contributed by atoms with Gasteiger partial charge in [-0.15, -0.1) is 0 Å². The minimum absolute atomic E-state index is 0.126.